The van der Waals surface area contributed by atoms with Gasteiger partial charge in [0.2, 0.25) is 0 Å². The zero-order chi connectivity index (χ0) is 7.56. The molecule has 0 aliphatic heterocycles. The lowest BCUT2D eigenvalue weighted by Gasteiger charge is -1.96. The smallest absolute Gasteiger partial charge is 0.138 e. The SMILES string of the molecule is N=Nc1ccc(O)c(N)c1. The number of anilines is 1. The van der Waals surface area contributed by atoms with E-state index in [0.29, 0.717) is 5.69 Å². The zero-order valence-electron chi connectivity index (χ0n) is 5.20. The maximum Gasteiger partial charge on any atom is 0.138 e. The highest BCUT2D eigenvalue weighted by atomic mass is 16.3. The lowest BCUT2D eigenvalue weighted by molar-refractivity contribution is 0.478. The Labute approximate surface area is 57.8 Å². The number of hydrogen-bond acceptors (Lipinski definition) is 4. The summed E-state index contributed by atoms with van der Waals surface area (Å²) in [5, 5.41) is 12.0. The van der Waals surface area contributed by atoms with E-state index in [-0.39, 0.29) is 11.4 Å². The highest BCUT2D eigenvalue weighted by Crippen LogP contribution is 2.24. The summed E-state index contributed by atoms with van der Waals surface area (Å²) in [5.74, 6) is 0.0207. The van der Waals surface area contributed by atoms with Crippen LogP contribution >= 0.6 is 0 Å². The van der Waals surface area contributed by atoms with Crippen molar-refractivity contribution >= 4 is 11.4 Å². The average Bonchev–Trinajstić information content (AvgIpc) is 1.95. The Hall–Kier alpha value is -1.58. The van der Waals surface area contributed by atoms with Crippen LogP contribution in [0.4, 0.5) is 11.4 Å². The number of nitrogen functional groups attached to an aromatic ring is 1. The normalized spacial score (nSPS) is 9.20. The minimum Gasteiger partial charge on any atom is -0.506 e. The minimum absolute atomic E-state index is 0.0207. The van der Waals surface area contributed by atoms with Crippen LogP contribution < -0.4 is 5.73 Å². The Morgan fingerprint density at radius 2 is 2.20 bits per heavy atom. The third-order valence-electron chi connectivity index (χ3n) is 1.14. The van der Waals surface area contributed by atoms with Crippen molar-refractivity contribution in [3.63, 3.8) is 0 Å². The van der Waals surface area contributed by atoms with E-state index in [1.54, 1.807) is 0 Å². The van der Waals surface area contributed by atoms with Gasteiger partial charge in [-0.1, -0.05) is 0 Å². The number of nitrogens with one attached hydrogen (secondary N) is 1. The van der Waals surface area contributed by atoms with Crippen molar-refractivity contribution in [2.75, 3.05) is 5.73 Å². The van der Waals surface area contributed by atoms with Crippen molar-refractivity contribution in [1.82, 2.24) is 0 Å². The van der Waals surface area contributed by atoms with Crippen LogP contribution in [0.2, 0.25) is 0 Å². The second-order valence-electron chi connectivity index (χ2n) is 1.85. The average molecular weight is 137 g/mol. The number of phenols is 1. The molecule has 1 aromatic carbocycles. The third-order valence-corrected chi connectivity index (χ3v) is 1.14. The largest absolute Gasteiger partial charge is 0.506 e. The number of benzene rings is 1. The fourth-order valence-electron chi connectivity index (χ4n) is 0.611. The number of phenolic OH excluding ortho intramolecular Hbond substituents is 1. The molecule has 0 amide bonds. The van der Waals surface area contributed by atoms with Gasteiger partial charge in [-0.15, -0.1) is 0 Å². The van der Waals surface area contributed by atoms with Gasteiger partial charge in [0.25, 0.3) is 0 Å². The van der Waals surface area contributed by atoms with Crippen LogP contribution in [0.1, 0.15) is 0 Å². The van der Waals surface area contributed by atoms with E-state index in [1.807, 2.05) is 0 Å². The lowest BCUT2D eigenvalue weighted by atomic mass is 10.3. The van der Waals surface area contributed by atoms with E-state index >= 15 is 0 Å². The number of nitrogens with two attached hydrogens (primary N) is 1. The summed E-state index contributed by atoms with van der Waals surface area (Å²) in [4.78, 5) is 0. The van der Waals surface area contributed by atoms with Gasteiger partial charge in [0, 0.05) is 0 Å². The predicted molar refractivity (Wildman–Crippen MR) is 37.3 cm³/mol. The summed E-state index contributed by atoms with van der Waals surface area (Å²) in [6, 6.07) is 4.35. The number of rotatable bonds is 1. The molecule has 0 heterocycles. The molecule has 0 saturated carbocycles. The molecular weight excluding hydrogens is 130 g/mol. The molecule has 1 rings (SSSR count). The Bertz CT molecular complexity index is 259. The zero-order valence-corrected chi connectivity index (χ0v) is 5.20. The monoisotopic (exact) mass is 137 g/mol. The second-order valence-corrected chi connectivity index (χ2v) is 1.85. The van der Waals surface area contributed by atoms with Crippen molar-refractivity contribution in [2.24, 2.45) is 5.11 Å². The molecule has 0 radical (unpaired) electrons. The second kappa shape index (κ2) is 2.34. The number of aromatic hydroxyl groups is 1. The van der Waals surface area contributed by atoms with Gasteiger partial charge in [0.05, 0.1) is 11.4 Å². The molecule has 10 heavy (non-hydrogen) atoms. The summed E-state index contributed by atoms with van der Waals surface area (Å²) in [5.41, 5.74) is 12.6. The predicted octanol–water partition coefficient (Wildman–Crippen LogP) is 1.64. The van der Waals surface area contributed by atoms with Crippen molar-refractivity contribution in [3.05, 3.63) is 18.2 Å². The van der Waals surface area contributed by atoms with Crippen LogP contribution in [0.3, 0.4) is 0 Å². The van der Waals surface area contributed by atoms with Crippen LogP contribution in [-0.2, 0) is 0 Å². The Kier molecular flexibility index (Phi) is 1.53. The summed E-state index contributed by atoms with van der Waals surface area (Å²) in [6.45, 7) is 0. The lowest BCUT2D eigenvalue weighted by Crippen LogP contribution is -1.83. The highest BCUT2D eigenvalue weighted by Gasteiger charge is 1.95. The molecule has 52 valence electrons. The molecular formula is C6H7N3O. The van der Waals surface area contributed by atoms with E-state index in [4.69, 9.17) is 16.4 Å². The number of nitrogens with zero attached hydrogens (tertiary/aromatic N) is 1. The van der Waals surface area contributed by atoms with Crippen LogP contribution in [0, 0.1) is 5.53 Å². The van der Waals surface area contributed by atoms with Crippen molar-refractivity contribution in [1.29, 1.82) is 5.53 Å². The van der Waals surface area contributed by atoms with E-state index in [9.17, 15) is 0 Å². The van der Waals surface area contributed by atoms with E-state index in [1.165, 1.54) is 18.2 Å². The third kappa shape index (κ3) is 1.05. The molecule has 0 aliphatic carbocycles. The van der Waals surface area contributed by atoms with Crippen LogP contribution in [0.5, 0.6) is 5.75 Å². The molecule has 0 saturated heterocycles. The quantitative estimate of drug-likeness (QED) is 0.312. The summed E-state index contributed by atoms with van der Waals surface area (Å²) in [6.07, 6.45) is 0. The molecule has 4 nitrogen and oxygen atoms in total. The van der Waals surface area contributed by atoms with Crippen molar-refractivity contribution < 1.29 is 5.11 Å². The molecule has 0 fully saturated rings. The van der Waals surface area contributed by atoms with Crippen LogP contribution in [0.15, 0.2) is 23.3 Å². The molecule has 0 aliphatic rings. The van der Waals surface area contributed by atoms with Gasteiger partial charge in [-0.3, -0.25) is 0 Å². The topological polar surface area (TPSA) is 82.5 Å². The van der Waals surface area contributed by atoms with Gasteiger partial charge in [-0.05, 0) is 18.2 Å². The van der Waals surface area contributed by atoms with Gasteiger partial charge in [0.15, 0.2) is 0 Å². The summed E-state index contributed by atoms with van der Waals surface area (Å²) in [7, 11) is 0. The number of hydrogen-bond donors (Lipinski definition) is 3. The molecule has 0 spiro atoms. The van der Waals surface area contributed by atoms with Gasteiger partial charge < -0.3 is 10.8 Å². The van der Waals surface area contributed by atoms with Crippen molar-refractivity contribution in [3.8, 4) is 5.75 Å². The summed E-state index contributed by atoms with van der Waals surface area (Å²) >= 11 is 0. The summed E-state index contributed by atoms with van der Waals surface area (Å²) < 4.78 is 0. The molecule has 0 atom stereocenters. The molecule has 0 bridgehead atoms. The van der Waals surface area contributed by atoms with Crippen molar-refractivity contribution in [2.45, 2.75) is 0 Å². The Morgan fingerprint density at radius 3 is 2.70 bits per heavy atom. The standard InChI is InChI=1S/C6H7N3O/c7-5-3-4(9-8)1-2-6(5)10/h1-3,8,10H,7H2. The first-order chi connectivity index (χ1) is 4.74. The molecule has 1 aromatic rings. The van der Waals surface area contributed by atoms with E-state index in [0.717, 1.165) is 0 Å². The first-order valence-corrected chi connectivity index (χ1v) is 2.70. The maximum atomic E-state index is 8.91. The van der Waals surface area contributed by atoms with Crippen LogP contribution in [0.25, 0.3) is 0 Å². The fraction of sp³-hybridized carbons (Fsp3) is 0. The molecule has 4 N–H and O–H groups in total. The Balaban J connectivity index is 3.16. The van der Waals surface area contributed by atoms with Gasteiger partial charge >= 0.3 is 0 Å². The first-order valence-electron chi connectivity index (χ1n) is 2.70. The van der Waals surface area contributed by atoms with Gasteiger partial charge in [-0.25, -0.2) is 5.53 Å². The highest BCUT2D eigenvalue weighted by molar-refractivity contribution is 5.59. The molecule has 0 unspecified atom stereocenters. The van der Waals surface area contributed by atoms with E-state index in [2.05, 4.69) is 5.11 Å². The van der Waals surface area contributed by atoms with Gasteiger partial charge in [0.1, 0.15) is 5.75 Å². The molecule has 0 aromatic heterocycles. The van der Waals surface area contributed by atoms with E-state index < -0.39 is 0 Å². The molecule has 4 heteroatoms. The minimum atomic E-state index is 0.0207. The fourth-order valence-corrected chi connectivity index (χ4v) is 0.611. The maximum absolute atomic E-state index is 8.91. The van der Waals surface area contributed by atoms with Crippen LogP contribution in [-0.4, -0.2) is 5.11 Å². The first kappa shape index (κ1) is 6.54. The Morgan fingerprint density at radius 1 is 1.50 bits per heavy atom. The van der Waals surface area contributed by atoms with Gasteiger partial charge in [-0.2, -0.15) is 5.11 Å².